The third kappa shape index (κ3) is 4.94. The Labute approximate surface area is 117 Å². The molecule has 3 amide bonds. The summed E-state index contributed by atoms with van der Waals surface area (Å²) < 4.78 is 6.32. The molecule has 3 N–H and O–H groups in total. The summed E-state index contributed by atoms with van der Waals surface area (Å²) in [5, 5.41) is 15.4. The molecule has 0 saturated heterocycles. The van der Waals surface area contributed by atoms with Crippen LogP contribution in [0.5, 0.6) is 0 Å². The minimum Gasteiger partial charge on any atom is -0.383 e. The van der Waals surface area contributed by atoms with Crippen molar-refractivity contribution in [1.82, 2.24) is 30.9 Å². The number of urea groups is 1. The van der Waals surface area contributed by atoms with E-state index in [-0.39, 0.29) is 0 Å². The molecule has 0 saturated carbocycles. The highest BCUT2D eigenvalue weighted by atomic mass is 16.5. The highest BCUT2D eigenvalue weighted by Crippen LogP contribution is 2.04. The Balaban J connectivity index is 2.48. The van der Waals surface area contributed by atoms with Gasteiger partial charge in [-0.3, -0.25) is 10.1 Å². The summed E-state index contributed by atoms with van der Waals surface area (Å²) in [5.74, 6) is -0.451. The van der Waals surface area contributed by atoms with E-state index in [0.717, 1.165) is 0 Å². The van der Waals surface area contributed by atoms with Crippen molar-refractivity contribution in [2.75, 3.05) is 27.3 Å². The van der Waals surface area contributed by atoms with Gasteiger partial charge in [-0.05, 0) is 6.92 Å². The number of imide groups is 1. The zero-order valence-electron chi connectivity index (χ0n) is 11.8. The quantitative estimate of drug-likeness (QED) is 0.556. The SMILES string of the molecule is CNC(=O)NC(=O)C(C)n1cc(CNCCOC)nn1. The number of carbonyl (C=O) groups excluding carboxylic acids is 2. The maximum absolute atomic E-state index is 11.7. The maximum Gasteiger partial charge on any atom is 0.321 e. The van der Waals surface area contributed by atoms with Crippen molar-refractivity contribution in [2.24, 2.45) is 0 Å². The molecule has 1 aromatic heterocycles. The Bertz CT molecular complexity index is 447. The van der Waals surface area contributed by atoms with Gasteiger partial charge in [-0.1, -0.05) is 5.21 Å². The Morgan fingerprint density at radius 1 is 1.50 bits per heavy atom. The van der Waals surface area contributed by atoms with E-state index >= 15 is 0 Å². The van der Waals surface area contributed by atoms with Crippen LogP contribution in [0.3, 0.4) is 0 Å². The normalized spacial score (nSPS) is 11.9. The summed E-state index contributed by atoms with van der Waals surface area (Å²) in [6, 6.07) is -1.17. The van der Waals surface area contributed by atoms with Gasteiger partial charge in [0, 0.05) is 27.2 Å². The second-order valence-electron chi connectivity index (χ2n) is 4.10. The molecule has 112 valence electrons. The lowest BCUT2D eigenvalue weighted by Crippen LogP contribution is -2.40. The lowest BCUT2D eigenvalue weighted by atomic mass is 10.3. The molecule has 0 spiro atoms. The van der Waals surface area contributed by atoms with Gasteiger partial charge in [0.1, 0.15) is 6.04 Å². The van der Waals surface area contributed by atoms with Crippen LogP contribution in [0.25, 0.3) is 0 Å². The van der Waals surface area contributed by atoms with Gasteiger partial charge >= 0.3 is 6.03 Å². The van der Waals surface area contributed by atoms with Crippen molar-refractivity contribution < 1.29 is 14.3 Å². The molecule has 0 fully saturated rings. The van der Waals surface area contributed by atoms with E-state index in [0.29, 0.717) is 25.4 Å². The third-order valence-electron chi connectivity index (χ3n) is 2.59. The summed E-state index contributed by atoms with van der Waals surface area (Å²) in [4.78, 5) is 22.8. The molecule has 9 heteroatoms. The first-order valence-corrected chi connectivity index (χ1v) is 6.21. The van der Waals surface area contributed by atoms with Crippen LogP contribution in [0.2, 0.25) is 0 Å². The van der Waals surface area contributed by atoms with E-state index < -0.39 is 18.0 Å². The largest absolute Gasteiger partial charge is 0.383 e. The summed E-state index contributed by atoms with van der Waals surface area (Å²) in [7, 11) is 3.07. The molecule has 0 aliphatic heterocycles. The van der Waals surface area contributed by atoms with Crippen LogP contribution in [0.1, 0.15) is 18.7 Å². The molecule has 1 atom stereocenters. The van der Waals surface area contributed by atoms with E-state index in [4.69, 9.17) is 4.74 Å². The van der Waals surface area contributed by atoms with E-state index in [9.17, 15) is 9.59 Å². The maximum atomic E-state index is 11.7. The lowest BCUT2D eigenvalue weighted by Gasteiger charge is -2.10. The Hall–Kier alpha value is -2.00. The lowest BCUT2D eigenvalue weighted by molar-refractivity contribution is -0.123. The molecular formula is C11H20N6O3. The van der Waals surface area contributed by atoms with Crippen molar-refractivity contribution in [2.45, 2.75) is 19.5 Å². The first-order valence-electron chi connectivity index (χ1n) is 6.21. The smallest absolute Gasteiger partial charge is 0.321 e. The van der Waals surface area contributed by atoms with Crippen molar-refractivity contribution in [1.29, 1.82) is 0 Å². The number of carbonyl (C=O) groups is 2. The highest BCUT2D eigenvalue weighted by molar-refractivity contribution is 5.95. The number of methoxy groups -OCH3 is 1. The Morgan fingerprint density at radius 3 is 2.90 bits per heavy atom. The molecule has 0 aromatic carbocycles. The predicted octanol–water partition coefficient (Wildman–Crippen LogP) is -0.969. The predicted molar refractivity (Wildman–Crippen MR) is 70.9 cm³/mol. The fourth-order valence-electron chi connectivity index (χ4n) is 1.37. The number of rotatable bonds is 7. The molecule has 1 aromatic rings. The van der Waals surface area contributed by atoms with Gasteiger partial charge in [-0.2, -0.15) is 0 Å². The van der Waals surface area contributed by atoms with E-state index in [1.54, 1.807) is 20.2 Å². The van der Waals surface area contributed by atoms with E-state index in [1.165, 1.54) is 11.7 Å². The molecule has 0 aliphatic carbocycles. The van der Waals surface area contributed by atoms with Gasteiger partial charge in [-0.15, -0.1) is 5.10 Å². The minimum absolute atomic E-state index is 0.451. The fraction of sp³-hybridized carbons (Fsp3) is 0.636. The number of hydrogen-bond donors (Lipinski definition) is 3. The van der Waals surface area contributed by atoms with E-state index in [1.807, 2.05) is 0 Å². The molecule has 20 heavy (non-hydrogen) atoms. The number of aromatic nitrogens is 3. The monoisotopic (exact) mass is 284 g/mol. The zero-order valence-corrected chi connectivity index (χ0v) is 11.8. The van der Waals surface area contributed by atoms with Gasteiger partial charge in [0.25, 0.3) is 5.91 Å². The van der Waals surface area contributed by atoms with Crippen LogP contribution in [-0.4, -0.2) is 54.2 Å². The second kappa shape index (κ2) is 8.23. The summed E-state index contributed by atoms with van der Waals surface area (Å²) in [6.07, 6.45) is 1.66. The summed E-state index contributed by atoms with van der Waals surface area (Å²) >= 11 is 0. The van der Waals surface area contributed by atoms with Crippen LogP contribution >= 0.6 is 0 Å². The van der Waals surface area contributed by atoms with Gasteiger partial charge in [-0.25, -0.2) is 9.48 Å². The number of amides is 3. The van der Waals surface area contributed by atoms with Gasteiger partial charge < -0.3 is 15.4 Å². The zero-order chi connectivity index (χ0) is 15.0. The van der Waals surface area contributed by atoms with Crippen LogP contribution in [0, 0.1) is 0 Å². The topological polar surface area (TPSA) is 110 Å². The molecule has 0 bridgehead atoms. The van der Waals surface area contributed by atoms with Gasteiger partial charge in [0.15, 0.2) is 0 Å². The van der Waals surface area contributed by atoms with Crippen LogP contribution in [0.4, 0.5) is 4.79 Å². The molecule has 1 rings (SSSR count). The van der Waals surface area contributed by atoms with Crippen LogP contribution in [-0.2, 0) is 16.1 Å². The second-order valence-corrected chi connectivity index (χ2v) is 4.10. The van der Waals surface area contributed by atoms with E-state index in [2.05, 4.69) is 26.3 Å². The first kappa shape index (κ1) is 16.1. The molecule has 1 heterocycles. The fourth-order valence-corrected chi connectivity index (χ4v) is 1.37. The van der Waals surface area contributed by atoms with Crippen LogP contribution in [0.15, 0.2) is 6.20 Å². The van der Waals surface area contributed by atoms with Gasteiger partial charge in [0.2, 0.25) is 0 Å². The molecule has 1 unspecified atom stereocenters. The Morgan fingerprint density at radius 2 is 2.25 bits per heavy atom. The molecular weight excluding hydrogens is 264 g/mol. The molecule has 0 radical (unpaired) electrons. The Kier molecular flexibility index (Phi) is 6.60. The molecule has 9 nitrogen and oxygen atoms in total. The number of hydrogen-bond acceptors (Lipinski definition) is 6. The standard InChI is InChI=1S/C11H20N6O3/c1-8(10(18)14-11(19)12-2)17-7-9(15-16-17)6-13-4-5-20-3/h7-8,13H,4-6H2,1-3H3,(H2,12,14,18,19). The summed E-state index contributed by atoms with van der Waals surface area (Å²) in [6.45, 7) is 3.48. The van der Waals surface area contributed by atoms with Crippen molar-refractivity contribution >= 4 is 11.9 Å². The van der Waals surface area contributed by atoms with Gasteiger partial charge in [0.05, 0.1) is 18.5 Å². The summed E-state index contributed by atoms with van der Waals surface area (Å²) in [5.41, 5.74) is 0.709. The van der Waals surface area contributed by atoms with Crippen LogP contribution < -0.4 is 16.0 Å². The van der Waals surface area contributed by atoms with Crippen molar-refractivity contribution in [3.63, 3.8) is 0 Å². The molecule has 0 aliphatic rings. The third-order valence-corrected chi connectivity index (χ3v) is 2.59. The van der Waals surface area contributed by atoms with Crippen molar-refractivity contribution in [3.8, 4) is 0 Å². The number of nitrogens with one attached hydrogen (secondary N) is 3. The average molecular weight is 284 g/mol. The highest BCUT2D eigenvalue weighted by Gasteiger charge is 2.18. The number of nitrogens with zero attached hydrogens (tertiary/aromatic N) is 3. The number of ether oxygens (including phenoxy) is 1. The minimum atomic E-state index is -0.618. The first-order chi connectivity index (χ1) is 9.58. The van der Waals surface area contributed by atoms with Crippen molar-refractivity contribution in [3.05, 3.63) is 11.9 Å². The average Bonchev–Trinajstić information content (AvgIpc) is 2.91.